The van der Waals surface area contributed by atoms with E-state index in [0.717, 1.165) is 36.8 Å². The summed E-state index contributed by atoms with van der Waals surface area (Å²) in [6.45, 7) is 15.8. The molecule has 3 atom stereocenters. The van der Waals surface area contributed by atoms with Crippen molar-refractivity contribution in [2.45, 2.75) is 102 Å². The summed E-state index contributed by atoms with van der Waals surface area (Å²) in [5.41, 5.74) is 4.83. The second kappa shape index (κ2) is 12.1. The van der Waals surface area contributed by atoms with Crippen LogP contribution in [0.4, 0.5) is 0 Å². The molecule has 0 spiro atoms. The largest absolute Gasteiger partial charge is 0.506 e. The van der Waals surface area contributed by atoms with Crippen LogP contribution in [-0.2, 0) is 4.43 Å². The Labute approximate surface area is 224 Å². The first-order chi connectivity index (χ1) is 15.4. The molecule has 0 bridgehead atoms. The van der Waals surface area contributed by atoms with Gasteiger partial charge in [-0.25, -0.2) is 0 Å². The van der Waals surface area contributed by atoms with Crippen LogP contribution in [0.5, 0.6) is 5.75 Å². The highest BCUT2D eigenvalue weighted by molar-refractivity contribution is 9.11. The minimum absolute atomic E-state index is 0.161. The van der Waals surface area contributed by atoms with E-state index in [1.165, 1.54) is 5.57 Å². The number of hydrogen-bond acceptors (Lipinski definition) is 2. The highest BCUT2D eigenvalue weighted by atomic mass is 79.9. The van der Waals surface area contributed by atoms with Gasteiger partial charge in [0.25, 0.3) is 0 Å². The molecule has 1 aliphatic carbocycles. The maximum atomic E-state index is 10.4. The quantitative estimate of drug-likeness (QED) is 0.129. The molecule has 0 amide bonds. The molecule has 0 unspecified atom stereocenters. The summed E-state index contributed by atoms with van der Waals surface area (Å²) in [4.78, 5) is 0. The van der Waals surface area contributed by atoms with E-state index in [-0.39, 0.29) is 17.2 Å². The number of alkyl halides is 1. The Kier molecular flexibility index (Phi) is 10.7. The molecule has 0 aliphatic heterocycles. The summed E-state index contributed by atoms with van der Waals surface area (Å²) < 4.78 is 8.34. The first-order valence-corrected chi connectivity index (χ1v) is 16.2. The Morgan fingerprint density at radius 2 is 1.76 bits per heavy atom. The second-order valence-corrected chi connectivity index (χ2v) is 17.9. The monoisotopic (exact) mass is 616 g/mol. The third-order valence-corrected chi connectivity index (χ3v) is 15.2. The molecular formula is C27H39Br2ClO2Si. The molecule has 1 aromatic rings. The molecule has 0 saturated heterocycles. The number of hydrogen-bond donors (Lipinski definition) is 1. The fourth-order valence-electron chi connectivity index (χ4n) is 5.80. The summed E-state index contributed by atoms with van der Waals surface area (Å²) in [7, 11) is -2.06. The molecule has 0 fully saturated rings. The molecule has 1 N–H and O–H groups in total. The van der Waals surface area contributed by atoms with Crippen molar-refractivity contribution in [2.75, 3.05) is 0 Å². The molecule has 1 aromatic carbocycles. The molecule has 2 nitrogen and oxygen atoms in total. The molecule has 184 valence electrons. The molecule has 0 aromatic heterocycles. The van der Waals surface area contributed by atoms with E-state index in [4.69, 9.17) is 22.5 Å². The van der Waals surface area contributed by atoms with Crippen LogP contribution in [0, 0.1) is 25.2 Å². The SMILES string of the molecule is C#C[C@H](O[Si](C(C)C)(C(C)C)C(C)C)[C@@H]1CCC=C(C[C@@H](Cl)c2c(C)cc(Br)c(O)c2Br)C1. The van der Waals surface area contributed by atoms with Gasteiger partial charge in [-0.1, -0.05) is 59.1 Å². The first-order valence-electron chi connectivity index (χ1n) is 12.0. The van der Waals surface area contributed by atoms with Crippen LogP contribution in [0.15, 0.2) is 26.7 Å². The summed E-state index contributed by atoms with van der Waals surface area (Å²) in [5, 5.41) is 10.1. The van der Waals surface area contributed by atoms with Crippen molar-refractivity contribution in [2.24, 2.45) is 5.92 Å². The minimum atomic E-state index is -2.06. The van der Waals surface area contributed by atoms with Gasteiger partial charge < -0.3 is 9.53 Å². The lowest BCUT2D eigenvalue weighted by molar-refractivity contribution is 0.151. The standard InChI is InChI=1S/C27H39Br2ClO2Si/c1-9-24(32-33(16(2)3,17(4)5)18(6)7)21-12-10-11-20(14-21)15-23(30)25-19(8)13-22(28)27(31)26(25)29/h1,11,13,16-18,21,23-24,31H,10,12,14-15H2,2-8H3/t21-,23-,24+/m1/s1. The normalized spacial score (nSPS) is 19.0. The van der Waals surface area contributed by atoms with Crippen LogP contribution >= 0.6 is 43.5 Å². The zero-order valence-electron chi connectivity index (χ0n) is 21.0. The number of aromatic hydroxyl groups is 1. The van der Waals surface area contributed by atoms with Crippen molar-refractivity contribution in [3.05, 3.63) is 37.8 Å². The second-order valence-electron chi connectivity index (χ2n) is 10.3. The Bertz CT molecular complexity index is 883. The number of phenolic OH excluding ortho intramolecular Hbond substituents is 1. The average molecular weight is 619 g/mol. The highest BCUT2D eigenvalue weighted by Gasteiger charge is 2.47. The fraction of sp³-hybridized carbons (Fsp3) is 0.630. The third kappa shape index (κ3) is 6.31. The maximum absolute atomic E-state index is 10.4. The van der Waals surface area contributed by atoms with E-state index >= 15 is 0 Å². The Balaban J connectivity index is 2.22. The van der Waals surface area contributed by atoms with Crippen LogP contribution in [0.1, 0.15) is 83.7 Å². The van der Waals surface area contributed by atoms with Crippen molar-refractivity contribution in [1.29, 1.82) is 0 Å². The van der Waals surface area contributed by atoms with Crippen LogP contribution in [0.2, 0.25) is 16.6 Å². The molecular weight excluding hydrogens is 580 g/mol. The Morgan fingerprint density at radius 3 is 2.27 bits per heavy atom. The number of benzene rings is 1. The highest BCUT2D eigenvalue weighted by Crippen LogP contribution is 2.47. The van der Waals surface area contributed by atoms with Gasteiger partial charge in [-0.15, -0.1) is 18.0 Å². The summed E-state index contributed by atoms with van der Waals surface area (Å²) in [6, 6.07) is 1.92. The van der Waals surface area contributed by atoms with Crippen molar-refractivity contribution >= 4 is 51.8 Å². The average Bonchev–Trinajstić information content (AvgIpc) is 2.72. The van der Waals surface area contributed by atoms with E-state index < -0.39 is 8.32 Å². The number of allylic oxidation sites excluding steroid dienone is 2. The maximum Gasteiger partial charge on any atom is 0.202 e. The zero-order chi connectivity index (χ0) is 25.1. The number of aryl methyl sites for hydroxylation is 1. The van der Waals surface area contributed by atoms with Gasteiger partial charge in [0.2, 0.25) is 8.32 Å². The summed E-state index contributed by atoms with van der Waals surface area (Å²) >= 11 is 13.8. The topological polar surface area (TPSA) is 29.5 Å². The van der Waals surface area contributed by atoms with Gasteiger partial charge >= 0.3 is 0 Å². The predicted octanol–water partition coefficient (Wildman–Crippen LogP) is 9.82. The van der Waals surface area contributed by atoms with Gasteiger partial charge in [-0.05, 0) is 104 Å². The smallest absolute Gasteiger partial charge is 0.202 e. The number of halogens is 3. The van der Waals surface area contributed by atoms with Crippen LogP contribution in [0.25, 0.3) is 0 Å². The third-order valence-electron chi connectivity index (χ3n) is 7.32. The predicted molar refractivity (Wildman–Crippen MR) is 152 cm³/mol. The number of rotatable bonds is 9. The summed E-state index contributed by atoms with van der Waals surface area (Å²) in [5.74, 6) is 3.54. The molecule has 6 heteroatoms. The minimum Gasteiger partial charge on any atom is -0.506 e. The molecule has 0 saturated carbocycles. The van der Waals surface area contributed by atoms with E-state index in [0.29, 0.717) is 31.5 Å². The lowest BCUT2D eigenvalue weighted by atomic mass is 9.83. The Hall–Kier alpha value is -0.253. The van der Waals surface area contributed by atoms with Crippen LogP contribution < -0.4 is 0 Å². The fourth-order valence-corrected chi connectivity index (χ4v) is 13.5. The summed E-state index contributed by atoms with van der Waals surface area (Å²) in [6.07, 6.45) is 11.9. The van der Waals surface area contributed by atoms with Crippen LogP contribution in [-0.4, -0.2) is 19.5 Å². The van der Waals surface area contributed by atoms with Gasteiger partial charge in [-0.2, -0.15) is 0 Å². The van der Waals surface area contributed by atoms with Gasteiger partial charge in [0, 0.05) is 0 Å². The van der Waals surface area contributed by atoms with E-state index in [9.17, 15) is 5.11 Å². The first kappa shape index (κ1) is 29.0. The van der Waals surface area contributed by atoms with Gasteiger partial charge in [0.1, 0.15) is 11.9 Å². The molecule has 33 heavy (non-hydrogen) atoms. The van der Waals surface area contributed by atoms with E-state index in [2.05, 4.69) is 85.4 Å². The lowest BCUT2D eigenvalue weighted by Gasteiger charge is -2.45. The molecule has 0 radical (unpaired) electrons. The zero-order valence-corrected chi connectivity index (χ0v) is 25.9. The lowest BCUT2D eigenvalue weighted by Crippen LogP contribution is -2.51. The Morgan fingerprint density at radius 1 is 1.18 bits per heavy atom. The number of phenols is 1. The van der Waals surface area contributed by atoms with Crippen molar-refractivity contribution in [3.63, 3.8) is 0 Å². The van der Waals surface area contributed by atoms with Crippen molar-refractivity contribution in [3.8, 4) is 18.1 Å². The van der Waals surface area contributed by atoms with Crippen molar-refractivity contribution < 1.29 is 9.53 Å². The van der Waals surface area contributed by atoms with Gasteiger partial charge in [0.05, 0.1) is 14.3 Å². The van der Waals surface area contributed by atoms with Gasteiger partial charge in [0.15, 0.2) is 0 Å². The van der Waals surface area contributed by atoms with E-state index in [1.54, 1.807) is 0 Å². The van der Waals surface area contributed by atoms with E-state index in [1.807, 2.05) is 13.0 Å². The van der Waals surface area contributed by atoms with Gasteiger partial charge in [-0.3, -0.25) is 0 Å². The van der Waals surface area contributed by atoms with Crippen molar-refractivity contribution in [1.82, 2.24) is 0 Å². The van der Waals surface area contributed by atoms with Crippen LogP contribution in [0.3, 0.4) is 0 Å². The molecule has 0 heterocycles. The molecule has 1 aliphatic rings. The molecule has 2 rings (SSSR count). The number of terminal acetylenes is 1.